The number of carbonyl (C=O) groups excluding carboxylic acids is 2. The van der Waals surface area contributed by atoms with Gasteiger partial charge in [0.25, 0.3) is 0 Å². The van der Waals surface area contributed by atoms with E-state index in [9.17, 15) is 9.59 Å². The summed E-state index contributed by atoms with van der Waals surface area (Å²) < 4.78 is 2.21. The molecule has 2 aromatic carbocycles. The van der Waals surface area contributed by atoms with E-state index in [1.165, 1.54) is 4.90 Å². The summed E-state index contributed by atoms with van der Waals surface area (Å²) in [5.74, 6) is -0.528. The molecule has 0 bridgehead atoms. The Morgan fingerprint density at radius 2 is 1.77 bits per heavy atom. The monoisotopic (exact) mass is 399 g/mol. The molecule has 2 amide bonds. The Morgan fingerprint density at radius 1 is 1.00 bits per heavy atom. The van der Waals surface area contributed by atoms with Crippen molar-refractivity contribution in [3.63, 3.8) is 0 Å². The zero-order valence-corrected chi connectivity index (χ0v) is 17.1. The smallest absolute Gasteiger partial charge is 0.237 e. The molecule has 0 aliphatic carbocycles. The van der Waals surface area contributed by atoms with E-state index in [1.54, 1.807) is 0 Å². The average Bonchev–Trinajstić information content (AvgIpc) is 3.42. The predicted octanol–water partition coefficient (Wildman–Crippen LogP) is 4.62. The Kier molecular flexibility index (Phi) is 4.66. The largest absolute Gasteiger partial charge is 0.361 e. The molecule has 2 aromatic heterocycles. The van der Waals surface area contributed by atoms with Crippen LogP contribution in [0.2, 0.25) is 0 Å². The van der Waals surface area contributed by atoms with Crippen molar-refractivity contribution in [3.05, 3.63) is 72.1 Å². The second kappa shape index (κ2) is 7.48. The standard InChI is InChI=1S/C25H25N3O2/c1-2-12-27-16-21(19-8-4-6-10-23(19)27)20-14-24(29)28(25(20)30)13-11-17-15-26-22-9-5-3-7-18(17)22/h3-10,15-16,20,26H,2,11-14H2,1H3. The molecule has 5 heteroatoms. The molecule has 1 saturated heterocycles. The highest BCUT2D eigenvalue weighted by Gasteiger charge is 2.40. The van der Waals surface area contributed by atoms with Crippen LogP contribution in [-0.2, 0) is 22.6 Å². The molecule has 0 radical (unpaired) electrons. The lowest BCUT2D eigenvalue weighted by Gasteiger charge is -2.14. The number of rotatable bonds is 6. The van der Waals surface area contributed by atoms with Gasteiger partial charge in [0.1, 0.15) is 0 Å². The van der Waals surface area contributed by atoms with Crippen LogP contribution < -0.4 is 0 Å². The summed E-state index contributed by atoms with van der Waals surface area (Å²) in [5.41, 5.74) is 4.32. The van der Waals surface area contributed by atoms with E-state index in [4.69, 9.17) is 0 Å². The Morgan fingerprint density at radius 3 is 2.60 bits per heavy atom. The van der Waals surface area contributed by atoms with E-state index < -0.39 is 0 Å². The molecule has 152 valence electrons. The predicted molar refractivity (Wildman–Crippen MR) is 118 cm³/mol. The number of likely N-dealkylation sites (tertiary alicyclic amines) is 1. The van der Waals surface area contributed by atoms with Crippen LogP contribution in [-0.4, -0.2) is 32.8 Å². The SMILES string of the molecule is CCCn1cc(C2CC(=O)N(CCc3c[nH]c4ccccc34)C2=O)c2ccccc21. The second-order valence-electron chi connectivity index (χ2n) is 8.04. The number of hydrogen-bond acceptors (Lipinski definition) is 2. The minimum atomic E-state index is -0.386. The molecule has 0 saturated carbocycles. The number of imide groups is 1. The molecule has 1 unspecified atom stereocenters. The van der Waals surface area contributed by atoms with E-state index in [0.29, 0.717) is 13.0 Å². The van der Waals surface area contributed by atoms with Crippen LogP contribution in [0, 0.1) is 0 Å². The zero-order chi connectivity index (χ0) is 20.7. The number of nitrogens with zero attached hydrogens (tertiary/aromatic N) is 2. The second-order valence-corrected chi connectivity index (χ2v) is 8.04. The number of benzene rings is 2. The van der Waals surface area contributed by atoms with Gasteiger partial charge in [-0.3, -0.25) is 14.5 Å². The summed E-state index contributed by atoms with van der Waals surface area (Å²) in [6, 6.07) is 16.3. The summed E-state index contributed by atoms with van der Waals surface area (Å²) in [6.07, 6.45) is 5.99. The number of nitrogens with one attached hydrogen (secondary N) is 1. The van der Waals surface area contributed by atoms with Crippen molar-refractivity contribution in [2.45, 2.75) is 38.6 Å². The third kappa shape index (κ3) is 3.02. The summed E-state index contributed by atoms with van der Waals surface area (Å²) in [7, 11) is 0. The van der Waals surface area contributed by atoms with Gasteiger partial charge < -0.3 is 9.55 Å². The van der Waals surface area contributed by atoms with Gasteiger partial charge in [0, 0.05) is 53.7 Å². The van der Waals surface area contributed by atoms with Crippen molar-refractivity contribution in [3.8, 4) is 0 Å². The number of para-hydroxylation sites is 2. The van der Waals surface area contributed by atoms with Gasteiger partial charge in [-0.1, -0.05) is 43.3 Å². The van der Waals surface area contributed by atoms with E-state index >= 15 is 0 Å². The molecule has 30 heavy (non-hydrogen) atoms. The maximum atomic E-state index is 13.2. The highest BCUT2D eigenvalue weighted by Crippen LogP contribution is 2.35. The Labute approximate surface area is 175 Å². The third-order valence-corrected chi connectivity index (χ3v) is 6.18. The first-order chi connectivity index (χ1) is 14.7. The minimum absolute atomic E-state index is 0.0701. The van der Waals surface area contributed by atoms with Crippen molar-refractivity contribution in [1.82, 2.24) is 14.5 Å². The van der Waals surface area contributed by atoms with Crippen molar-refractivity contribution in [2.75, 3.05) is 6.54 Å². The highest BCUT2D eigenvalue weighted by molar-refractivity contribution is 6.08. The number of hydrogen-bond donors (Lipinski definition) is 1. The van der Waals surface area contributed by atoms with Crippen LogP contribution in [0.1, 0.15) is 36.8 Å². The normalized spacial score (nSPS) is 17.0. The molecule has 5 rings (SSSR count). The fourth-order valence-corrected chi connectivity index (χ4v) is 4.71. The molecule has 1 aliphatic rings. The van der Waals surface area contributed by atoms with E-state index in [-0.39, 0.29) is 24.2 Å². The van der Waals surface area contributed by atoms with Gasteiger partial charge in [-0.15, -0.1) is 0 Å². The Balaban J connectivity index is 1.40. The average molecular weight is 399 g/mol. The van der Waals surface area contributed by atoms with Crippen LogP contribution >= 0.6 is 0 Å². The van der Waals surface area contributed by atoms with Gasteiger partial charge in [0.2, 0.25) is 11.8 Å². The lowest BCUT2D eigenvalue weighted by atomic mass is 9.97. The number of carbonyl (C=O) groups is 2. The van der Waals surface area contributed by atoms with E-state index in [1.807, 2.05) is 36.5 Å². The molecule has 1 N–H and O–H groups in total. The molecule has 0 spiro atoms. The van der Waals surface area contributed by atoms with Gasteiger partial charge >= 0.3 is 0 Å². The zero-order valence-electron chi connectivity index (χ0n) is 17.1. The number of aromatic nitrogens is 2. The Bertz CT molecular complexity index is 1250. The molecule has 5 nitrogen and oxygen atoms in total. The van der Waals surface area contributed by atoms with Gasteiger partial charge in [-0.05, 0) is 36.1 Å². The molecular weight excluding hydrogens is 374 g/mol. The fraction of sp³-hybridized carbons (Fsp3) is 0.280. The maximum Gasteiger partial charge on any atom is 0.237 e. The van der Waals surface area contributed by atoms with Gasteiger partial charge in [-0.25, -0.2) is 0 Å². The number of aromatic amines is 1. The summed E-state index contributed by atoms with van der Waals surface area (Å²) in [6.45, 7) is 3.47. The first-order valence-electron chi connectivity index (χ1n) is 10.6. The lowest BCUT2D eigenvalue weighted by molar-refractivity contribution is -0.138. The van der Waals surface area contributed by atoms with Crippen molar-refractivity contribution < 1.29 is 9.59 Å². The van der Waals surface area contributed by atoms with Crippen LogP contribution in [0.25, 0.3) is 21.8 Å². The molecule has 4 aromatic rings. The number of amides is 2. The summed E-state index contributed by atoms with van der Waals surface area (Å²) in [4.78, 5) is 30.7. The van der Waals surface area contributed by atoms with Crippen LogP contribution in [0.4, 0.5) is 0 Å². The summed E-state index contributed by atoms with van der Waals surface area (Å²) >= 11 is 0. The molecule has 1 atom stereocenters. The highest BCUT2D eigenvalue weighted by atomic mass is 16.2. The van der Waals surface area contributed by atoms with E-state index in [2.05, 4.69) is 40.9 Å². The van der Waals surface area contributed by atoms with Gasteiger partial charge in [-0.2, -0.15) is 0 Å². The molecule has 1 fully saturated rings. The van der Waals surface area contributed by atoms with Crippen LogP contribution in [0.5, 0.6) is 0 Å². The van der Waals surface area contributed by atoms with Crippen LogP contribution in [0.15, 0.2) is 60.9 Å². The Hall–Kier alpha value is -3.34. The first-order valence-corrected chi connectivity index (χ1v) is 10.6. The minimum Gasteiger partial charge on any atom is -0.361 e. The van der Waals surface area contributed by atoms with Gasteiger partial charge in [0.05, 0.1) is 5.92 Å². The quantitative estimate of drug-likeness (QED) is 0.481. The number of aryl methyl sites for hydroxylation is 1. The molecule has 1 aliphatic heterocycles. The fourth-order valence-electron chi connectivity index (χ4n) is 4.71. The number of fused-ring (bicyclic) bond motifs is 2. The van der Waals surface area contributed by atoms with Gasteiger partial charge in [0.15, 0.2) is 0 Å². The maximum absolute atomic E-state index is 13.2. The van der Waals surface area contributed by atoms with Crippen molar-refractivity contribution in [2.24, 2.45) is 0 Å². The van der Waals surface area contributed by atoms with E-state index in [0.717, 1.165) is 45.9 Å². The molecular formula is C25H25N3O2. The van der Waals surface area contributed by atoms with Crippen molar-refractivity contribution >= 4 is 33.6 Å². The topological polar surface area (TPSA) is 58.1 Å². The van der Waals surface area contributed by atoms with Crippen LogP contribution in [0.3, 0.4) is 0 Å². The lowest BCUT2D eigenvalue weighted by Crippen LogP contribution is -2.32. The first kappa shape index (κ1) is 18.7. The third-order valence-electron chi connectivity index (χ3n) is 6.18. The number of H-pyrrole nitrogens is 1. The molecule has 3 heterocycles. The van der Waals surface area contributed by atoms with Crippen molar-refractivity contribution in [1.29, 1.82) is 0 Å². The summed E-state index contributed by atoms with van der Waals surface area (Å²) in [5, 5.41) is 2.23.